The Bertz CT molecular complexity index is 788. The quantitative estimate of drug-likeness (QED) is 0.509. The first-order chi connectivity index (χ1) is 11.2. The Hall–Kier alpha value is -2.47. The minimum Gasteiger partial charge on any atom is -0.338 e. The van der Waals surface area contributed by atoms with Gasteiger partial charge in [0.05, 0.1) is 12.2 Å². The molecule has 0 saturated carbocycles. The molecule has 0 spiro atoms. The van der Waals surface area contributed by atoms with Crippen LogP contribution in [0, 0.1) is 5.82 Å². The Labute approximate surface area is 136 Å². The number of hydrogen-bond acceptors (Lipinski definition) is 5. The van der Waals surface area contributed by atoms with Crippen LogP contribution >= 0.6 is 11.8 Å². The maximum absolute atomic E-state index is 12.8. The number of benzene rings is 2. The van der Waals surface area contributed by atoms with Gasteiger partial charge in [0.15, 0.2) is 5.78 Å². The second-order valence-corrected chi connectivity index (χ2v) is 5.79. The maximum atomic E-state index is 12.8. The largest absolute Gasteiger partial charge is 0.338 e. The van der Waals surface area contributed by atoms with Crippen molar-refractivity contribution in [3.8, 4) is 0 Å². The number of thioether (sulfide) groups is 1. The van der Waals surface area contributed by atoms with Crippen molar-refractivity contribution in [1.82, 2.24) is 10.1 Å². The lowest BCUT2D eigenvalue weighted by molar-refractivity contribution is 0.102. The molecule has 1 heterocycles. The fourth-order valence-electron chi connectivity index (χ4n) is 1.99. The molecule has 0 aliphatic heterocycles. The van der Waals surface area contributed by atoms with Crippen LogP contribution in [0.1, 0.15) is 21.8 Å². The molecule has 0 aliphatic rings. The highest BCUT2D eigenvalue weighted by molar-refractivity contribution is 7.99. The number of Topliss-reactive ketones (excluding diaryl/α,β-unsaturated/α-hetero) is 1. The minimum atomic E-state index is -0.363. The molecular weight excluding hydrogens is 315 g/mol. The average Bonchev–Trinajstić information content (AvgIpc) is 3.02. The first-order valence-electron chi connectivity index (χ1n) is 6.99. The SMILES string of the molecule is O=C(CSc1noc(Cc2ccccc2)n1)c1ccc(F)cc1. The predicted molar refractivity (Wildman–Crippen MR) is 85.0 cm³/mol. The maximum Gasteiger partial charge on any atom is 0.231 e. The molecule has 1 aromatic heterocycles. The zero-order valence-corrected chi connectivity index (χ0v) is 12.9. The van der Waals surface area contributed by atoms with Crippen LogP contribution in [0.25, 0.3) is 0 Å². The molecule has 3 aromatic rings. The van der Waals surface area contributed by atoms with E-state index in [1.54, 1.807) is 0 Å². The number of rotatable bonds is 6. The first-order valence-corrected chi connectivity index (χ1v) is 7.97. The summed E-state index contributed by atoms with van der Waals surface area (Å²) in [6, 6.07) is 15.3. The molecule has 0 saturated heterocycles. The van der Waals surface area contributed by atoms with Gasteiger partial charge in [-0.3, -0.25) is 4.79 Å². The zero-order chi connectivity index (χ0) is 16.1. The molecule has 2 aromatic carbocycles. The third-order valence-corrected chi connectivity index (χ3v) is 3.98. The van der Waals surface area contributed by atoms with Gasteiger partial charge in [-0.05, 0) is 29.8 Å². The van der Waals surface area contributed by atoms with Gasteiger partial charge in [-0.1, -0.05) is 47.3 Å². The Kier molecular flexibility index (Phi) is 4.83. The predicted octanol–water partition coefficient (Wildman–Crippen LogP) is 3.77. The third kappa shape index (κ3) is 4.26. The van der Waals surface area contributed by atoms with Crippen molar-refractivity contribution in [3.63, 3.8) is 0 Å². The minimum absolute atomic E-state index is 0.107. The lowest BCUT2D eigenvalue weighted by Crippen LogP contribution is -2.02. The van der Waals surface area contributed by atoms with Crippen LogP contribution in [0.2, 0.25) is 0 Å². The van der Waals surface area contributed by atoms with Gasteiger partial charge in [-0.25, -0.2) is 4.39 Å². The number of halogens is 1. The summed E-state index contributed by atoms with van der Waals surface area (Å²) in [4.78, 5) is 16.3. The van der Waals surface area contributed by atoms with Crippen molar-refractivity contribution >= 4 is 17.5 Å². The van der Waals surface area contributed by atoms with E-state index in [1.807, 2.05) is 30.3 Å². The van der Waals surface area contributed by atoms with Gasteiger partial charge < -0.3 is 4.52 Å². The van der Waals surface area contributed by atoms with Crippen molar-refractivity contribution in [3.05, 3.63) is 77.4 Å². The standard InChI is InChI=1S/C17H13FN2O2S/c18-14-8-6-13(7-9-14)15(21)11-23-17-19-16(22-20-17)10-12-4-2-1-3-5-12/h1-9H,10-11H2. The Balaban J connectivity index is 1.57. The average molecular weight is 328 g/mol. The van der Waals surface area contributed by atoms with Crippen molar-refractivity contribution < 1.29 is 13.7 Å². The summed E-state index contributed by atoms with van der Waals surface area (Å²) in [5.74, 6) is 0.214. The number of hydrogen-bond donors (Lipinski definition) is 0. The van der Waals surface area contributed by atoms with Gasteiger partial charge in [-0.15, -0.1) is 0 Å². The molecular formula is C17H13FN2O2S. The lowest BCUT2D eigenvalue weighted by atomic mass is 10.1. The summed E-state index contributed by atoms with van der Waals surface area (Å²) >= 11 is 1.20. The molecule has 0 fully saturated rings. The number of aromatic nitrogens is 2. The number of carbonyl (C=O) groups is 1. The van der Waals surface area contributed by atoms with Crippen molar-refractivity contribution in [2.75, 3.05) is 5.75 Å². The summed E-state index contributed by atoms with van der Waals surface area (Å²) in [5.41, 5.74) is 1.54. The van der Waals surface area contributed by atoms with Gasteiger partial charge >= 0.3 is 0 Å². The highest BCUT2D eigenvalue weighted by Crippen LogP contribution is 2.17. The van der Waals surface area contributed by atoms with Crippen LogP contribution in [-0.4, -0.2) is 21.7 Å². The summed E-state index contributed by atoms with van der Waals surface area (Å²) in [6.07, 6.45) is 0.556. The number of carbonyl (C=O) groups excluding carboxylic acids is 1. The fraction of sp³-hybridized carbons (Fsp3) is 0.118. The van der Waals surface area contributed by atoms with Crippen molar-refractivity contribution in [2.45, 2.75) is 11.6 Å². The Morgan fingerprint density at radius 1 is 1.09 bits per heavy atom. The van der Waals surface area contributed by atoms with Gasteiger partial charge in [0.2, 0.25) is 11.0 Å². The van der Waals surface area contributed by atoms with E-state index in [9.17, 15) is 9.18 Å². The fourth-order valence-corrected chi connectivity index (χ4v) is 2.67. The van der Waals surface area contributed by atoms with Crippen LogP contribution in [0.4, 0.5) is 4.39 Å². The number of ketones is 1. The summed E-state index contributed by atoms with van der Waals surface area (Å²) in [5, 5.41) is 4.28. The molecule has 0 atom stereocenters. The molecule has 0 unspecified atom stereocenters. The molecule has 0 aliphatic carbocycles. The molecule has 23 heavy (non-hydrogen) atoms. The van der Waals surface area contributed by atoms with Gasteiger partial charge in [0.25, 0.3) is 0 Å². The monoisotopic (exact) mass is 328 g/mol. The van der Waals surface area contributed by atoms with E-state index >= 15 is 0 Å². The van der Waals surface area contributed by atoms with E-state index in [0.29, 0.717) is 23.0 Å². The van der Waals surface area contributed by atoms with Gasteiger partial charge in [0, 0.05) is 5.56 Å². The van der Waals surface area contributed by atoms with E-state index < -0.39 is 0 Å². The summed E-state index contributed by atoms with van der Waals surface area (Å²) in [7, 11) is 0. The zero-order valence-electron chi connectivity index (χ0n) is 12.1. The highest BCUT2D eigenvalue weighted by atomic mass is 32.2. The summed E-state index contributed by atoms with van der Waals surface area (Å²) in [6.45, 7) is 0. The molecule has 116 valence electrons. The topological polar surface area (TPSA) is 56.0 Å². The highest BCUT2D eigenvalue weighted by Gasteiger charge is 2.11. The van der Waals surface area contributed by atoms with Crippen LogP contribution in [0.15, 0.2) is 64.3 Å². The second-order valence-electron chi connectivity index (χ2n) is 4.85. The van der Waals surface area contributed by atoms with E-state index in [0.717, 1.165) is 5.56 Å². The van der Waals surface area contributed by atoms with E-state index in [1.165, 1.54) is 36.0 Å². The molecule has 3 rings (SSSR count). The molecule has 6 heteroatoms. The Morgan fingerprint density at radius 2 is 1.83 bits per heavy atom. The van der Waals surface area contributed by atoms with Crippen molar-refractivity contribution in [2.24, 2.45) is 0 Å². The van der Waals surface area contributed by atoms with E-state index in [-0.39, 0.29) is 17.4 Å². The third-order valence-electron chi connectivity index (χ3n) is 3.15. The van der Waals surface area contributed by atoms with Crippen LogP contribution in [0.3, 0.4) is 0 Å². The number of nitrogens with zero attached hydrogens (tertiary/aromatic N) is 2. The van der Waals surface area contributed by atoms with Crippen LogP contribution in [-0.2, 0) is 6.42 Å². The lowest BCUT2D eigenvalue weighted by Gasteiger charge is -1.98. The Morgan fingerprint density at radius 3 is 2.57 bits per heavy atom. The molecule has 4 nitrogen and oxygen atoms in total. The molecule has 0 radical (unpaired) electrons. The second kappa shape index (κ2) is 7.19. The molecule has 0 bridgehead atoms. The van der Waals surface area contributed by atoms with E-state index in [4.69, 9.17) is 4.52 Å². The normalized spacial score (nSPS) is 10.7. The van der Waals surface area contributed by atoms with Crippen molar-refractivity contribution in [1.29, 1.82) is 0 Å². The molecule has 0 N–H and O–H groups in total. The van der Waals surface area contributed by atoms with Gasteiger partial charge in [-0.2, -0.15) is 4.98 Å². The summed E-state index contributed by atoms with van der Waals surface area (Å²) < 4.78 is 18.0. The van der Waals surface area contributed by atoms with Gasteiger partial charge in [0.1, 0.15) is 5.82 Å². The first kappa shape index (κ1) is 15.4. The molecule has 0 amide bonds. The van der Waals surface area contributed by atoms with Crippen LogP contribution in [0.5, 0.6) is 0 Å². The van der Waals surface area contributed by atoms with Crippen LogP contribution < -0.4 is 0 Å². The smallest absolute Gasteiger partial charge is 0.231 e. The van der Waals surface area contributed by atoms with E-state index in [2.05, 4.69) is 10.1 Å².